The van der Waals surface area contributed by atoms with Crippen molar-refractivity contribution >= 4 is 29.1 Å². The van der Waals surface area contributed by atoms with E-state index in [4.69, 9.17) is 16.0 Å². The molecule has 0 spiro atoms. The van der Waals surface area contributed by atoms with E-state index in [1.165, 1.54) is 0 Å². The van der Waals surface area contributed by atoms with Gasteiger partial charge >= 0.3 is 0 Å². The number of carbonyl (C=O) groups is 2. The second-order valence-corrected chi connectivity index (χ2v) is 5.01. The first-order valence-corrected chi connectivity index (χ1v) is 6.74. The summed E-state index contributed by atoms with van der Waals surface area (Å²) in [5.74, 6) is 0.0457. The molecule has 2 aromatic rings. The minimum Gasteiger partial charge on any atom is -0.456 e. The maximum Gasteiger partial charge on any atom is 0.287 e. The number of benzene rings is 1. The third-order valence-electron chi connectivity index (χ3n) is 2.83. The van der Waals surface area contributed by atoms with Crippen LogP contribution in [0.1, 0.15) is 21.9 Å². The zero-order chi connectivity index (χ0) is 15.4. The van der Waals surface area contributed by atoms with Crippen molar-refractivity contribution in [2.45, 2.75) is 13.8 Å². The number of hydrogen-bond donors (Lipinski definition) is 2. The molecule has 0 saturated carbocycles. The van der Waals surface area contributed by atoms with Crippen molar-refractivity contribution < 1.29 is 14.0 Å². The highest BCUT2D eigenvalue weighted by molar-refractivity contribution is 6.31. The van der Waals surface area contributed by atoms with E-state index >= 15 is 0 Å². The van der Waals surface area contributed by atoms with E-state index in [1.54, 1.807) is 31.2 Å². The predicted octanol–water partition coefficient (Wildman–Crippen LogP) is 2.92. The van der Waals surface area contributed by atoms with Crippen molar-refractivity contribution in [1.82, 2.24) is 5.32 Å². The van der Waals surface area contributed by atoms with E-state index in [0.29, 0.717) is 16.5 Å². The second-order valence-electron chi connectivity index (χ2n) is 4.61. The van der Waals surface area contributed by atoms with Crippen LogP contribution in [0.5, 0.6) is 0 Å². The summed E-state index contributed by atoms with van der Waals surface area (Å²) in [5.41, 5.74) is 1.51. The van der Waals surface area contributed by atoms with Crippen LogP contribution in [0.3, 0.4) is 0 Å². The average molecular weight is 307 g/mol. The van der Waals surface area contributed by atoms with Gasteiger partial charge in [-0.15, -0.1) is 0 Å². The van der Waals surface area contributed by atoms with Crippen molar-refractivity contribution in [3.8, 4) is 0 Å². The third-order valence-corrected chi connectivity index (χ3v) is 3.24. The molecule has 1 aromatic carbocycles. The van der Waals surface area contributed by atoms with E-state index in [1.807, 2.05) is 13.0 Å². The zero-order valence-electron chi connectivity index (χ0n) is 11.7. The Kier molecular flexibility index (Phi) is 4.65. The van der Waals surface area contributed by atoms with Crippen molar-refractivity contribution in [2.24, 2.45) is 0 Å². The molecule has 6 heteroatoms. The highest BCUT2D eigenvalue weighted by atomic mass is 35.5. The van der Waals surface area contributed by atoms with E-state index in [9.17, 15) is 9.59 Å². The van der Waals surface area contributed by atoms with Crippen molar-refractivity contribution in [3.63, 3.8) is 0 Å². The Hall–Kier alpha value is -2.27. The summed E-state index contributed by atoms with van der Waals surface area (Å²) in [4.78, 5) is 23.5. The molecular formula is C15H15ClN2O3. The molecule has 0 radical (unpaired) electrons. The fourth-order valence-corrected chi connectivity index (χ4v) is 1.86. The fraction of sp³-hybridized carbons (Fsp3) is 0.200. The molecule has 0 aliphatic carbocycles. The van der Waals surface area contributed by atoms with Gasteiger partial charge in [-0.05, 0) is 43.7 Å². The highest BCUT2D eigenvalue weighted by Gasteiger charge is 2.11. The molecule has 0 aliphatic heterocycles. The Morgan fingerprint density at radius 2 is 1.95 bits per heavy atom. The number of anilines is 1. The number of carbonyl (C=O) groups excluding carboxylic acids is 2. The fourth-order valence-electron chi connectivity index (χ4n) is 1.68. The van der Waals surface area contributed by atoms with Gasteiger partial charge in [0.05, 0.1) is 6.54 Å². The quantitative estimate of drug-likeness (QED) is 0.912. The zero-order valence-corrected chi connectivity index (χ0v) is 12.5. The summed E-state index contributed by atoms with van der Waals surface area (Å²) < 4.78 is 5.16. The van der Waals surface area contributed by atoms with Crippen LogP contribution in [-0.4, -0.2) is 18.4 Å². The lowest BCUT2D eigenvalue weighted by Crippen LogP contribution is -2.32. The topological polar surface area (TPSA) is 71.3 Å². The smallest absolute Gasteiger partial charge is 0.287 e. The summed E-state index contributed by atoms with van der Waals surface area (Å²) in [5, 5.41) is 5.71. The number of rotatable bonds is 4. The Bertz CT molecular complexity index is 679. The van der Waals surface area contributed by atoms with Gasteiger partial charge in [0, 0.05) is 10.7 Å². The molecule has 0 unspecified atom stereocenters. The van der Waals surface area contributed by atoms with Crippen LogP contribution in [0.25, 0.3) is 0 Å². The first-order chi connectivity index (χ1) is 9.95. The van der Waals surface area contributed by atoms with E-state index in [2.05, 4.69) is 10.6 Å². The minimum absolute atomic E-state index is 0.149. The second kappa shape index (κ2) is 6.45. The molecule has 0 aliphatic rings. The van der Waals surface area contributed by atoms with Crippen LogP contribution >= 0.6 is 11.6 Å². The van der Waals surface area contributed by atoms with Gasteiger partial charge in [0.25, 0.3) is 5.91 Å². The molecular weight excluding hydrogens is 292 g/mol. The van der Waals surface area contributed by atoms with Gasteiger partial charge in [-0.25, -0.2) is 0 Å². The van der Waals surface area contributed by atoms with Gasteiger partial charge in [-0.2, -0.15) is 0 Å². The molecule has 2 rings (SSSR count). The van der Waals surface area contributed by atoms with Crippen molar-refractivity contribution in [1.29, 1.82) is 0 Å². The van der Waals surface area contributed by atoms with Gasteiger partial charge in [0.2, 0.25) is 5.91 Å². The van der Waals surface area contributed by atoms with Gasteiger partial charge < -0.3 is 15.1 Å². The Morgan fingerprint density at radius 1 is 1.19 bits per heavy atom. The Morgan fingerprint density at radius 3 is 2.57 bits per heavy atom. The number of furan rings is 1. The van der Waals surface area contributed by atoms with Crippen LogP contribution < -0.4 is 10.6 Å². The molecule has 0 atom stereocenters. The highest BCUT2D eigenvalue weighted by Crippen LogP contribution is 2.19. The molecule has 2 amide bonds. The average Bonchev–Trinajstić information content (AvgIpc) is 2.87. The summed E-state index contributed by atoms with van der Waals surface area (Å²) in [6, 6.07) is 8.46. The normalized spacial score (nSPS) is 10.2. The molecule has 0 bridgehead atoms. The van der Waals surface area contributed by atoms with Gasteiger partial charge in [0.1, 0.15) is 5.76 Å². The molecule has 1 heterocycles. The van der Waals surface area contributed by atoms with Crippen LogP contribution in [0, 0.1) is 13.8 Å². The maximum atomic E-state index is 11.8. The monoisotopic (exact) mass is 306 g/mol. The number of halogens is 1. The summed E-state index contributed by atoms with van der Waals surface area (Å²) in [6.07, 6.45) is 0. The summed E-state index contributed by atoms with van der Waals surface area (Å²) >= 11 is 5.97. The van der Waals surface area contributed by atoms with Gasteiger partial charge in [-0.3, -0.25) is 9.59 Å². The third kappa shape index (κ3) is 4.10. The van der Waals surface area contributed by atoms with E-state index in [-0.39, 0.29) is 18.2 Å². The molecule has 110 valence electrons. The summed E-state index contributed by atoms with van der Waals surface area (Å²) in [7, 11) is 0. The molecule has 21 heavy (non-hydrogen) atoms. The minimum atomic E-state index is -0.430. The Balaban J connectivity index is 1.87. The van der Waals surface area contributed by atoms with Crippen molar-refractivity contribution in [2.75, 3.05) is 11.9 Å². The molecule has 1 aromatic heterocycles. The number of amides is 2. The Labute approximate surface area is 127 Å². The van der Waals surface area contributed by atoms with E-state index < -0.39 is 5.91 Å². The molecule has 5 nitrogen and oxygen atoms in total. The first kappa shape index (κ1) is 15.1. The predicted molar refractivity (Wildman–Crippen MR) is 80.6 cm³/mol. The standard InChI is InChI=1S/C15H15ClN2O3/c1-9-3-5-11(7-12(9)16)18-14(19)8-17-15(20)13-6-4-10(2)21-13/h3-7H,8H2,1-2H3,(H,17,20)(H,18,19). The van der Waals surface area contributed by atoms with Crippen LogP contribution in [-0.2, 0) is 4.79 Å². The van der Waals surface area contributed by atoms with E-state index in [0.717, 1.165) is 5.56 Å². The summed E-state index contributed by atoms with van der Waals surface area (Å²) in [6.45, 7) is 3.47. The molecule has 0 fully saturated rings. The van der Waals surface area contributed by atoms with Gasteiger partial charge in [0.15, 0.2) is 5.76 Å². The first-order valence-electron chi connectivity index (χ1n) is 6.36. The SMILES string of the molecule is Cc1ccc(C(=O)NCC(=O)Nc2ccc(C)c(Cl)c2)o1. The molecule has 0 saturated heterocycles. The van der Waals surface area contributed by atoms with Crippen molar-refractivity contribution in [3.05, 3.63) is 52.4 Å². The van der Waals surface area contributed by atoms with Crippen LogP contribution in [0.4, 0.5) is 5.69 Å². The lowest BCUT2D eigenvalue weighted by Gasteiger charge is -2.07. The lowest BCUT2D eigenvalue weighted by atomic mass is 10.2. The number of hydrogen-bond acceptors (Lipinski definition) is 3. The lowest BCUT2D eigenvalue weighted by molar-refractivity contribution is -0.115. The molecule has 2 N–H and O–H groups in total. The largest absolute Gasteiger partial charge is 0.456 e. The number of aryl methyl sites for hydroxylation is 2. The van der Waals surface area contributed by atoms with Crippen LogP contribution in [0.15, 0.2) is 34.7 Å². The van der Waals surface area contributed by atoms with Crippen LogP contribution in [0.2, 0.25) is 5.02 Å². The van der Waals surface area contributed by atoms with Gasteiger partial charge in [-0.1, -0.05) is 17.7 Å². The number of nitrogens with one attached hydrogen (secondary N) is 2. The maximum absolute atomic E-state index is 11.8.